The predicted molar refractivity (Wildman–Crippen MR) is 57.1 cm³/mol. The molecule has 2 N–H and O–H groups in total. The fourth-order valence-corrected chi connectivity index (χ4v) is 3.93. The molecule has 76 valence electrons. The molecule has 0 radical (unpaired) electrons. The molecule has 1 fully saturated rings. The molecule has 0 spiro atoms. The van der Waals surface area contributed by atoms with Gasteiger partial charge in [-0.3, -0.25) is 0 Å². The highest BCUT2D eigenvalue weighted by Gasteiger charge is 2.37. The number of carboxylic acids is 1. The maximum atomic E-state index is 10.9. The van der Waals surface area contributed by atoms with Gasteiger partial charge in [0.2, 0.25) is 0 Å². The van der Waals surface area contributed by atoms with Gasteiger partial charge >= 0.3 is 5.97 Å². The largest absolute Gasteiger partial charge is 0.478 e. The monoisotopic (exact) mass is 230 g/mol. The number of thiophene rings is 1. The third-order valence-corrected chi connectivity index (χ3v) is 4.60. The molecule has 0 aliphatic carbocycles. The Morgan fingerprint density at radius 1 is 1.57 bits per heavy atom. The molecule has 1 aliphatic heterocycles. The van der Waals surface area contributed by atoms with Crippen LogP contribution < -0.4 is 0 Å². The van der Waals surface area contributed by atoms with Gasteiger partial charge in [-0.05, 0) is 23.6 Å². The Morgan fingerprint density at radius 2 is 2.36 bits per heavy atom. The molecule has 1 unspecified atom stereocenters. The predicted octanol–water partition coefficient (Wildman–Crippen LogP) is 1.77. The number of carboxylic acid groups (broad SMARTS) is 1. The fourth-order valence-electron chi connectivity index (χ4n) is 1.57. The second-order valence-corrected chi connectivity index (χ2v) is 5.32. The van der Waals surface area contributed by atoms with Crippen molar-refractivity contribution in [1.29, 1.82) is 0 Å². The van der Waals surface area contributed by atoms with E-state index < -0.39 is 11.6 Å². The summed E-state index contributed by atoms with van der Waals surface area (Å²) in [4.78, 5) is 11.5. The summed E-state index contributed by atoms with van der Waals surface area (Å²) in [6, 6.07) is 1.56. The minimum absolute atomic E-state index is 0.250. The maximum Gasteiger partial charge on any atom is 0.336 e. The van der Waals surface area contributed by atoms with Gasteiger partial charge in [0.15, 0.2) is 0 Å². The summed E-state index contributed by atoms with van der Waals surface area (Å²) in [5.74, 6) is 0.549. The van der Waals surface area contributed by atoms with Crippen LogP contribution in [0, 0.1) is 0 Å². The molecule has 5 heteroatoms. The molecule has 1 saturated heterocycles. The Hall–Kier alpha value is -0.520. The van der Waals surface area contributed by atoms with Crippen molar-refractivity contribution in [2.75, 3.05) is 11.5 Å². The van der Waals surface area contributed by atoms with Crippen LogP contribution in [-0.4, -0.2) is 27.7 Å². The Morgan fingerprint density at radius 3 is 2.93 bits per heavy atom. The van der Waals surface area contributed by atoms with E-state index in [1.54, 1.807) is 23.2 Å². The summed E-state index contributed by atoms with van der Waals surface area (Å²) in [6.07, 6.45) is 0.651. The summed E-state index contributed by atoms with van der Waals surface area (Å²) < 4.78 is 0. The maximum absolute atomic E-state index is 10.9. The van der Waals surface area contributed by atoms with Crippen molar-refractivity contribution < 1.29 is 15.0 Å². The van der Waals surface area contributed by atoms with E-state index in [9.17, 15) is 9.90 Å². The van der Waals surface area contributed by atoms with Gasteiger partial charge in [0, 0.05) is 5.75 Å². The lowest BCUT2D eigenvalue weighted by Crippen LogP contribution is -2.25. The molecule has 0 saturated carbocycles. The quantitative estimate of drug-likeness (QED) is 0.813. The van der Waals surface area contributed by atoms with E-state index in [0.717, 1.165) is 5.75 Å². The van der Waals surface area contributed by atoms with Crippen molar-refractivity contribution >= 4 is 29.1 Å². The minimum Gasteiger partial charge on any atom is -0.478 e. The molecule has 3 nitrogen and oxygen atoms in total. The van der Waals surface area contributed by atoms with Crippen molar-refractivity contribution in [3.8, 4) is 0 Å². The van der Waals surface area contributed by atoms with Crippen LogP contribution >= 0.6 is 23.1 Å². The molecule has 0 amide bonds. The number of rotatable bonds is 2. The van der Waals surface area contributed by atoms with Crippen LogP contribution in [0.1, 0.15) is 21.7 Å². The van der Waals surface area contributed by atoms with Crippen molar-refractivity contribution in [3.63, 3.8) is 0 Å². The van der Waals surface area contributed by atoms with Crippen molar-refractivity contribution in [2.45, 2.75) is 12.0 Å². The fraction of sp³-hybridized carbons (Fsp3) is 0.444. The van der Waals surface area contributed by atoms with Crippen LogP contribution in [0.4, 0.5) is 0 Å². The van der Waals surface area contributed by atoms with E-state index in [0.29, 0.717) is 17.1 Å². The number of thioether (sulfide) groups is 1. The van der Waals surface area contributed by atoms with Crippen molar-refractivity contribution in [1.82, 2.24) is 0 Å². The molecule has 1 aromatic rings. The van der Waals surface area contributed by atoms with Gasteiger partial charge < -0.3 is 10.2 Å². The third-order valence-electron chi connectivity index (χ3n) is 2.32. The molecule has 2 heterocycles. The first-order valence-electron chi connectivity index (χ1n) is 4.25. The van der Waals surface area contributed by atoms with E-state index in [1.165, 1.54) is 11.3 Å². The Labute approximate surface area is 89.8 Å². The molecule has 0 bridgehead atoms. The molecule has 1 atom stereocenters. The van der Waals surface area contributed by atoms with Gasteiger partial charge in [-0.15, -0.1) is 11.3 Å². The minimum atomic E-state index is -0.952. The van der Waals surface area contributed by atoms with E-state index in [-0.39, 0.29) is 5.56 Å². The highest BCUT2D eigenvalue weighted by atomic mass is 32.2. The normalized spacial score (nSPS) is 26.6. The molecular formula is C9H10O3S2. The first-order valence-corrected chi connectivity index (χ1v) is 6.28. The molecule has 1 aromatic heterocycles. The van der Waals surface area contributed by atoms with Crippen molar-refractivity contribution in [3.05, 3.63) is 21.9 Å². The van der Waals surface area contributed by atoms with Crippen LogP contribution in [0.3, 0.4) is 0 Å². The Balaban J connectivity index is 2.40. The molecular weight excluding hydrogens is 220 g/mol. The number of carbonyl (C=O) groups is 1. The molecule has 14 heavy (non-hydrogen) atoms. The van der Waals surface area contributed by atoms with E-state index in [4.69, 9.17) is 5.11 Å². The summed E-state index contributed by atoms with van der Waals surface area (Å²) in [6.45, 7) is 0. The van der Waals surface area contributed by atoms with Gasteiger partial charge in [-0.2, -0.15) is 11.8 Å². The van der Waals surface area contributed by atoms with Crippen LogP contribution in [0.25, 0.3) is 0 Å². The summed E-state index contributed by atoms with van der Waals surface area (Å²) in [5.41, 5.74) is -0.660. The Kier molecular flexibility index (Phi) is 2.55. The standard InChI is InChI=1S/C9H10O3S2/c10-8(11)6-1-3-14-7(6)9(12)2-4-13-5-9/h1,3,12H,2,4-5H2,(H,10,11). The lowest BCUT2D eigenvalue weighted by molar-refractivity contribution is 0.0600. The zero-order valence-corrected chi connectivity index (χ0v) is 9.03. The van der Waals surface area contributed by atoms with Gasteiger partial charge in [-0.25, -0.2) is 4.79 Å². The number of hydrogen-bond acceptors (Lipinski definition) is 4. The zero-order chi connectivity index (χ0) is 10.2. The van der Waals surface area contributed by atoms with Gasteiger partial charge in [0.25, 0.3) is 0 Å². The highest BCUT2D eigenvalue weighted by Crippen LogP contribution is 2.40. The van der Waals surface area contributed by atoms with E-state index in [1.807, 2.05) is 0 Å². The second kappa shape index (κ2) is 3.56. The Bertz CT molecular complexity index is 353. The third kappa shape index (κ3) is 1.55. The van der Waals surface area contributed by atoms with E-state index >= 15 is 0 Å². The SMILES string of the molecule is O=C(O)c1ccsc1C1(O)CCSC1. The smallest absolute Gasteiger partial charge is 0.336 e. The number of aliphatic hydroxyl groups is 1. The average molecular weight is 230 g/mol. The first-order chi connectivity index (χ1) is 6.63. The summed E-state index contributed by atoms with van der Waals surface area (Å²) in [5, 5.41) is 20.8. The van der Waals surface area contributed by atoms with Gasteiger partial charge in [-0.1, -0.05) is 0 Å². The zero-order valence-electron chi connectivity index (χ0n) is 7.40. The van der Waals surface area contributed by atoms with Gasteiger partial charge in [0.05, 0.1) is 10.4 Å². The molecule has 0 aromatic carbocycles. The second-order valence-electron chi connectivity index (χ2n) is 3.30. The van der Waals surface area contributed by atoms with Crippen LogP contribution in [-0.2, 0) is 5.60 Å². The van der Waals surface area contributed by atoms with Crippen LogP contribution in [0.2, 0.25) is 0 Å². The van der Waals surface area contributed by atoms with Gasteiger partial charge in [0.1, 0.15) is 5.60 Å². The van der Waals surface area contributed by atoms with Crippen LogP contribution in [0.5, 0.6) is 0 Å². The number of aromatic carboxylic acids is 1. The summed E-state index contributed by atoms with van der Waals surface area (Å²) >= 11 is 2.99. The average Bonchev–Trinajstić information content (AvgIpc) is 2.71. The molecule has 1 aliphatic rings. The van der Waals surface area contributed by atoms with Crippen LogP contribution in [0.15, 0.2) is 11.4 Å². The van der Waals surface area contributed by atoms with E-state index in [2.05, 4.69) is 0 Å². The summed E-state index contributed by atoms with van der Waals surface area (Å²) in [7, 11) is 0. The van der Waals surface area contributed by atoms with Crippen molar-refractivity contribution in [2.24, 2.45) is 0 Å². The topological polar surface area (TPSA) is 57.5 Å². The highest BCUT2D eigenvalue weighted by molar-refractivity contribution is 7.99. The first kappa shape index (κ1) is 10.0. The number of hydrogen-bond donors (Lipinski definition) is 2. The molecule has 2 rings (SSSR count). The lowest BCUT2D eigenvalue weighted by Gasteiger charge is -2.20. The lowest BCUT2D eigenvalue weighted by atomic mass is 9.98.